The number of aromatic nitrogens is 1. The lowest BCUT2D eigenvalue weighted by Gasteiger charge is -2.18. The molecule has 0 spiro atoms. The maximum absolute atomic E-state index is 9.81. The van der Waals surface area contributed by atoms with Crippen molar-refractivity contribution in [2.45, 2.75) is 19.6 Å². The van der Waals surface area contributed by atoms with Gasteiger partial charge >= 0.3 is 0 Å². The number of aliphatic hydroxyl groups is 2. The van der Waals surface area contributed by atoms with Gasteiger partial charge in [-0.05, 0) is 34.9 Å². The first kappa shape index (κ1) is 22.6. The van der Waals surface area contributed by atoms with Crippen LogP contribution in [0.25, 0.3) is 21.9 Å². The number of pyridine rings is 1. The lowest BCUT2D eigenvalue weighted by Crippen LogP contribution is -2.03. The molecule has 0 aliphatic rings. The van der Waals surface area contributed by atoms with Gasteiger partial charge < -0.3 is 24.4 Å². The van der Waals surface area contributed by atoms with Crippen LogP contribution in [0, 0.1) is 0 Å². The zero-order valence-corrected chi connectivity index (χ0v) is 19.0. The van der Waals surface area contributed by atoms with Crippen LogP contribution >= 0.6 is 0 Å². The summed E-state index contributed by atoms with van der Waals surface area (Å²) in [5.74, 6) is 1.87. The van der Waals surface area contributed by atoms with E-state index in [0.717, 1.165) is 33.2 Å². The third-order valence-electron chi connectivity index (χ3n) is 5.83. The fourth-order valence-electron chi connectivity index (χ4n) is 4.27. The fraction of sp³-hybridized carbons (Fsp3) is 0.222. The summed E-state index contributed by atoms with van der Waals surface area (Å²) in [4.78, 5) is 4.67. The Morgan fingerprint density at radius 3 is 2.18 bits per heavy atom. The number of rotatable bonds is 8. The van der Waals surface area contributed by atoms with E-state index in [1.807, 2.05) is 48.5 Å². The Morgan fingerprint density at radius 2 is 1.55 bits per heavy atom. The van der Waals surface area contributed by atoms with Gasteiger partial charge in [-0.25, -0.2) is 0 Å². The number of hydrogen-bond donors (Lipinski definition) is 2. The van der Waals surface area contributed by atoms with E-state index in [-0.39, 0.29) is 13.2 Å². The fourth-order valence-corrected chi connectivity index (χ4v) is 4.27. The highest BCUT2D eigenvalue weighted by Gasteiger charge is 2.19. The second-order valence-electron chi connectivity index (χ2n) is 7.64. The van der Waals surface area contributed by atoms with Crippen molar-refractivity contribution in [1.82, 2.24) is 4.98 Å². The zero-order valence-electron chi connectivity index (χ0n) is 19.0. The molecule has 0 fully saturated rings. The summed E-state index contributed by atoms with van der Waals surface area (Å²) in [5.41, 5.74) is 4.93. The van der Waals surface area contributed by atoms with E-state index in [0.29, 0.717) is 34.8 Å². The standard InChI is InChI=1S/C27H27NO5/c1-31-25-13-17(11-19(15-29)23(25)16-30)12-24-22-14-21(18-7-5-4-6-8-18)27(33-3)26(32-2)20(22)9-10-28-24/h4-11,13-14,29-30H,12,15-16H2,1-3H3. The molecule has 0 atom stereocenters. The third kappa shape index (κ3) is 4.23. The highest BCUT2D eigenvalue weighted by molar-refractivity contribution is 5.98. The van der Waals surface area contributed by atoms with Gasteiger partial charge in [0.05, 0.1) is 40.2 Å². The molecule has 0 unspecified atom stereocenters. The van der Waals surface area contributed by atoms with Crippen molar-refractivity contribution >= 4 is 10.8 Å². The minimum atomic E-state index is -0.205. The molecular formula is C27H27NO5. The summed E-state index contributed by atoms with van der Waals surface area (Å²) in [6.07, 6.45) is 2.27. The number of fused-ring (bicyclic) bond motifs is 1. The Morgan fingerprint density at radius 1 is 0.788 bits per heavy atom. The van der Waals surface area contributed by atoms with E-state index in [9.17, 15) is 10.2 Å². The van der Waals surface area contributed by atoms with Crippen LogP contribution in [0.15, 0.2) is 60.8 Å². The quantitative estimate of drug-likeness (QED) is 0.416. The summed E-state index contributed by atoms with van der Waals surface area (Å²) in [7, 11) is 4.83. The van der Waals surface area contributed by atoms with Crippen molar-refractivity contribution in [1.29, 1.82) is 0 Å². The van der Waals surface area contributed by atoms with Crippen LogP contribution in [0.3, 0.4) is 0 Å². The average molecular weight is 446 g/mol. The molecule has 1 heterocycles. The third-order valence-corrected chi connectivity index (χ3v) is 5.83. The van der Waals surface area contributed by atoms with Crippen LogP contribution in [-0.4, -0.2) is 36.5 Å². The molecule has 0 aliphatic heterocycles. The SMILES string of the molecule is COc1cc(Cc2nccc3c(OC)c(OC)c(-c4ccccc4)cc23)cc(CO)c1CO. The summed E-state index contributed by atoms with van der Waals surface area (Å²) in [6, 6.07) is 17.8. The van der Waals surface area contributed by atoms with Gasteiger partial charge in [-0.15, -0.1) is 0 Å². The molecule has 4 rings (SSSR count). The monoisotopic (exact) mass is 445 g/mol. The van der Waals surface area contributed by atoms with E-state index < -0.39 is 0 Å². The smallest absolute Gasteiger partial charge is 0.169 e. The first-order valence-electron chi connectivity index (χ1n) is 10.6. The second-order valence-corrected chi connectivity index (χ2v) is 7.64. The molecule has 0 bridgehead atoms. The van der Waals surface area contributed by atoms with Crippen LogP contribution in [0.4, 0.5) is 0 Å². The first-order chi connectivity index (χ1) is 16.1. The second kappa shape index (κ2) is 9.90. The number of benzene rings is 3. The van der Waals surface area contributed by atoms with Gasteiger partial charge in [0.15, 0.2) is 11.5 Å². The van der Waals surface area contributed by atoms with Gasteiger partial charge in [-0.1, -0.05) is 36.4 Å². The van der Waals surface area contributed by atoms with Gasteiger partial charge in [0.1, 0.15) is 5.75 Å². The van der Waals surface area contributed by atoms with Crippen molar-refractivity contribution in [3.63, 3.8) is 0 Å². The predicted molar refractivity (Wildman–Crippen MR) is 128 cm³/mol. The van der Waals surface area contributed by atoms with Crippen molar-refractivity contribution in [3.8, 4) is 28.4 Å². The Labute approximate surface area is 193 Å². The van der Waals surface area contributed by atoms with Crippen molar-refractivity contribution in [2.24, 2.45) is 0 Å². The average Bonchev–Trinajstić information content (AvgIpc) is 2.87. The maximum Gasteiger partial charge on any atom is 0.169 e. The van der Waals surface area contributed by atoms with Gasteiger partial charge in [0.2, 0.25) is 0 Å². The number of aliphatic hydroxyl groups excluding tert-OH is 2. The number of hydrogen-bond acceptors (Lipinski definition) is 6. The summed E-state index contributed by atoms with van der Waals surface area (Å²) < 4.78 is 17.0. The molecule has 4 aromatic rings. The molecule has 1 aromatic heterocycles. The van der Waals surface area contributed by atoms with Crippen LogP contribution in [0.5, 0.6) is 17.2 Å². The molecule has 0 saturated heterocycles. The van der Waals surface area contributed by atoms with Gasteiger partial charge in [0, 0.05) is 34.5 Å². The molecule has 2 N–H and O–H groups in total. The Hall–Kier alpha value is -3.61. The molecule has 3 aromatic carbocycles. The van der Waals surface area contributed by atoms with E-state index in [2.05, 4.69) is 11.1 Å². The van der Waals surface area contributed by atoms with Crippen LogP contribution in [-0.2, 0) is 19.6 Å². The number of ether oxygens (including phenoxy) is 3. The van der Waals surface area contributed by atoms with E-state index in [1.54, 1.807) is 27.5 Å². The number of nitrogens with zero attached hydrogens (tertiary/aromatic N) is 1. The highest BCUT2D eigenvalue weighted by atomic mass is 16.5. The minimum absolute atomic E-state index is 0.188. The summed E-state index contributed by atoms with van der Waals surface area (Å²) >= 11 is 0. The molecule has 6 nitrogen and oxygen atoms in total. The largest absolute Gasteiger partial charge is 0.496 e. The van der Waals surface area contributed by atoms with Crippen LogP contribution < -0.4 is 14.2 Å². The molecule has 170 valence electrons. The van der Waals surface area contributed by atoms with Gasteiger partial charge in [-0.3, -0.25) is 4.98 Å². The molecule has 0 radical (unpaired) electrons. The lowest BCUT2D eigenvalue weighted by molar-refractivity contribution is 0.254. The molecule has 6 heteroatoms. The van der Waals surface area contributed by atoms with Crippen LogP contribution in [0.1, 0.15) is 22.4 Å². The van der Waals surface area contributed by atoms with E-state index in [4.69, 9.17) is 14.2 Å². The Balaban J connectivity index is 1.91. The highest BCUT2D eigenvalue weighted by Crippen LogP contribution is 2.44. The lowest BCUT2D eigenvalue weighted by atomic mass is 9.95. The summed E-state index contributed by atoms with van der Waals surface area (Å²) in [6.45, 7) is -0.393. The zero-order chi connectivity index (χ0) is 23.4. The molecule has 33 heavy (non-hydrogen) atoms. The van der Waals surface area contributed by atoms with Gasteiger partial charge in [0.25, 0.3) is 0 Å². The van der Waals surface area contributed by atoms with Gasteiger partial charge in [-0.2, -0.15) is 0 Å². The van der Waals surface area contributed by atoms with Crippen molar-refractivity contribution < 1.29 is 24.4 Å². The Bertz CT molecular complexity index is 1250. The Kier molecular flexibility index (Phi) is 6.77. The maximum atomic E-state index is 9.81. The molecular weight excluding hydrogens is 418 g/mol. The molecule has 0 aliphatic carbocycles. The molecule has 0 saturated carbocycles. The van der Waals surface area contributed by atoms with E-state index >= 15 is 0 Å². The predicted octanol–water partition coefficient (Wildman–Crippen LogP) is 4.50. The minimum Gasteiger partial charge on any atom is -0.496 e. The molecule has 0 amide bonds. The summed E-state index contributed by atoms with van der Waals surface area (Å²) in [5, 5.41) is 21.4. The number of methoxy groups -OCH3 is 3. The van der Waals surface area contributed by atoms with Crippen LogP contribution in [0.2, 0.25) is 0 Å². The van der Waals surface area contributed by atoms with Crippen molar-refractivity contribution in [3.05, 3.63) is 83.2 Å². The van der Waals surface area contributed by atoms with Crippen molar-refractivity contribution in [2.75, 3.05) is 21.3 Å². The normalized spacial score (nSPS) is 10.9. The van der Waals surface area contributed by atoms with E-state index in [1.165, 1.54) is 0 Å². The topological polar surface area (TPSA) is 81.0 Å². The first-order valence-corrected chi connectivity index (χ1v) is 10.6.